The van der Waals surface area contributed by atoms with Crippen molar-refractivity contribution in [3.8, 4) is 5.69 Å². The molecule has 140 valence electrons. The van der Waals surface area contributed by atoms with Crippen molar-refractivity contribution in [2.45, 2.75) is 25.7 Å². The summed E-state index contributed by atoms with van der Waals surface area (Å²) in [4.78, 5) is 11.6. The minimum atomic E-state index is -3.93. The molecule has 3 aromatic rings. The molecule has 0 saturated heterocycles. The molecule has 1 aromatic heterocycles. The molecule has 0 aliphatic carbocycles. The quantitative estimate of drug-likeness (QED) is 0.678. The molecule has 0 aliphatic rings. The van der Waals surface area contributed by atoms with Crippen LogP contribution in [-0.4, -0.2) is 24.0 Å². The van der Waals surface area contributed by atoms with Crippen LogP contribution in [0.5, 0.6) is 0 Å². The van der Waals surface area contributed by atoms with E-state index in [9.17, 15) is 17.6 Å². The van der Waals surface area contributed by atoms with Gasteiger partial charge in [-0.3, -0.25) is 9.52 Å². The highest BCUT2D eigenvalue weighted by Crippen LogP contribution is 2.25. The lowest BCUT2D eigenvalue weighted by Crippen LogP contribution is -2.15. The van der Waals surface area contributed by atoms with Gasteiger partial charge in [-0.05, 0) is 57.2 Å². The van der Waals surface area contributed by atoms with E-state index < -0.39 is 10.0 Å². The summed E-state index contributed by atoms with van der Waals surface area (Å²) in [5.41, 5.74) is 1.96. The van der Waals surface area contributed by atoms with Gasteiger partial charge in [-0.1, -0.05) is 12.1 Å². The summed E-state index contributed by atoms with van der Waals surface area (Å²) in [5.74, 6) is -0.548. The Morgan fingerprint density at radius 2 is 1.78 bits per heavy atom. The maximum absolute atomic E-state index is 13.1. The highest BCUT2D eigenvalue weighted by molar-refractivity contribution is 7.92. The molecular formula is C19H18FN3O3S. The number of carbonyl (C=O) groups is 1. The number of carbonyl (C=O) groups excluding carboxylic acids is 1. The first kappa shape index (κ1) is 18.8. The van der Waals surface area contributed by atoms with E-state index >= 15 is 0 Å². The van der Waals surface area contributed by atoms with Crippen molar-refractivity contribution < 1.29 is 17.6 Å². The fourth-order valence-electron chi connectivity index (χ4n) is 2.86. The van der Waals surface area contributed by atoms with Gasteiger partial charge in [0.2, 0.25) is 0 Å². The van der Waals surface area contributed by atoms with Crippen LogP contribution in [-0.2, 0) is 10.0 Å². The van der Waals surface area contributed by atoms with E-state index in [1.807, 2.05) is 0 Å². The van der Waals surface area contributed by atoms with Gasteiger partial charge in [-0.2, -0.15) is 5.10 Å². The SMILES string of the molecule is CC(=O)c1cccc(NS(=O)(=O)c2c(C)nn(-c3ccc(F)cc3)c2C)c1. The number of hydrogen-bond donors (Lipinski definition) is 1. The van der Waals surface area contributed by atoms with Crippen molar-refractivity contribution >= 4 is 21.5 Å². The number of Topliss-reactive ketones (excluding diaryl/α,β-unsaturated/α-hetero) is 1. The van der Waals surface area contributed by atoms with E-state index in [2.05, 4.69) is 9.82 Å². The fraction of sp³-hybridized carbons (Fsp3) is 0.158. The number of nitrogens with zero attached hydrogens (tertiary/aromatic N) is 2. The average Bonchev–Trinajstić information content (AvgIpc) is 2.90. The van der Waals surface area contributed by atoms with E-state index in [0.29, 0.717) is 22.6 Å². The summed E-state index contributed by atoms with van der Waals surface area (Å²) in [6, 6.07) is 11.9. The van der Waals surface area contributed by atoms with Gasteiger partial charge in [0.15, 0.2) is 5.78 Å². The van der Waals surface area contributed by atoms with Gasteiger partial charge in [0.1, 0.15) is 10.7 Å². The van der Waals surface area contributed by atoms with Crippen LogP contribution < -0.4 is 4.72 Å². The maximum Gasteiger partial charge on any atom is 0.265 e. The second-order valence-corrected chi connectivity index (χ2v) is 7.75. The first-order valence-electron chi connectivity index (χ1n) is 8.15. The van der Waals surface area contributed by atoms with Crippen molar-refractivity contribution in [2.24, 2.45) is 0 Å². The lowest BCUT2D eigenvalue weighted by atomic mass is 10.1. The lowest BCUT2D eigenvalue weighted by Gasteiger charge is -2.10. The van der Waals surface area contributed by atoms with Crippen molar-refractivity contribution in [3.63, 3.8) is 0 Å². The summed E-state index contributed by atoms with van der Waals surface area (Å²) in [7, 11) is -3.93. The zero-order valence-corrected chi connectivity index (χ0v) is 15.8. The molecule has 0 saturated carbocycles. The number of benzene rings is 2. The van der Waals surface area contributed by atoms with Crippen LogP contribution in [0.15, 0.2) is 53.4 Å². The Morgan fingerprint density at radius 1 is 1.11 bits per heavy atom. The molecule has 0 unspecified atom stereocenters. The highest BCUT2D eigenvalue weighted by atomic mass is 32.2. The predicted molar refractivity (Wildman–Crippen MR) is 100 cm³/mol. The highest BCUT2D eigenvalue weighted by Gasteiger charge is 2.25. The number of hydrogen-bond acceptors (Lipinski definition) is 4. The molecule has 0 amide bonds. The van der Waals surface area contributed by atoms with Crippen molar-refractivity contribution in [1.29, 1.82) is 0 Å². The molecule has 3 rings (SSSR count). The third-order valence-electron chi connectivity index (χ3n) is 4.09. The first-order valence-corrected chi connectivity index (χ1v) is 9.63. The van der Waals surface area contributed by atoms with E-state index in [1.54, 1.807) is 32.0 Å². The third-order valence-corrected chi connectivity index (χ3v) is 5.72. The number of aromatic nitrogens is 2. The predicted octanol–water partition coefficient (Wildman–Crippen LogP) is 3.63. The molecule has 0 radical (unpaired) electrons. The number of ketones is 1. The van der Waals surface area contributed by atoms with Crippen LogP contribution >= 0.6 is 0 Å². The molecule has 27 heavy (non-hydrogen) atoms. The molecule has 6 nitrogen and oxygen atoms in total. The zero-order valence-electron chi connectivity index (χ0n) is 15.0. The van der Waals surface area contributed by atoms with E-state index in [1.165, 1.54) is 41.9 Å². The summed E-state index contributed by atoms with van der Waals surface area (Å²) in [6.45, 7) is 4.63. The number of halogens is 1. The van der Waals surface area contributed by atoms with Gasteiger partial charge in [0.05, 0.1) is 17.1 Å². The van der Waals surface area contributed by atoms with Crippen LogP contribution in [0.1, 0.15) is 28.7 Å². The van der Waals surface area contributed by atoms with Crippen molar-refractivity contribution in [1.82, 2.24) is 9.78 Å². The molecular weight excluding hydrogens is 369 g/mol. The molecule has 1 heterocycles. The fourth-order valence-corrected chi connectivity index (χ4v) is 4.30. The van der Waals surface area contributed by atoms with Gasteiger partial charge in [0.25, 0.3) is 10.0 Å². The lowest BCUT2D eigenvalue weighted by molar-refractivity contribution is 0.101. The molecule has 0 atom stereocenters. The van der Waals surface area contributed by atoms with Crippen LogP contribution in [0.25, 0.3) is 5.69 Å². The van der Waals surface area contributed by atoms with E-state index in [0.717, 1.165) is 0 Å². The van der Waals surface area contributed by atoms with Gasteiger partial charge in [-0.25, -0.2) is 17.5 Å². The molecule has 0 spiro atoms. The number of rotatable bonds is 5. The number of sulfonamides is 1. The molecule has 2 aromatic carbocycles. The smallest absolute Gasteiger partial charge is 0.265 e. The number of nitrogens with one attached hydrogen (secondary N) is 1. The summed E-state index contributed by atoms with van der Waals surface area (Å²) in [6.07, 6.45) is 0. The van der Waals surface area contributed by atoms with Gasteiger partial charge in [-0.15, -0.1) is 0 Å². The minimum Gasteiger partial charge on any atom is -0.295 e. The van der Waals surface area contributed by atoms with Crippen LogP contribution in [0, 0.1) is 19.7 Å². The second-order valence-electron chi connectivity index (χ2n) is 6.13. The molecule has 0 bridgehead atoms. The molecule has 1 N–H and O–H groups in total. The minimum absolute atomic E-state index is 0.0417. The third kappa shape index (κ3) is 3.75. The van der Waals surface area contributed by atoms with Crippen molar-refractivity contribution in [3.05, 3.63) is 71.3 Å². The number of aryl methyl sites for hydroxylation is 1. The Hall–Kier alpha value is -3.00. The van der Waals surface area contributed by atoms with E-state index in [-0.39, 0.29) is 22.2 Å². The van der Waals surface area contributed by atoms with Gasteiger partial charge < -0.3 is 0 Å². The Labute approximate surface area is 156 Å². The summed E-state index contributed by atoms with van der Waals surface area (Å²) >= 11 is 0. The van der Waals surface area contributed by atoms with Gasteiger partial charge >= 0.3 is 0 Å². The zero-order chi connectivity index (χ0) is 19.8. The van der Waals surface area contributed by atoms with Gasteiger partial charge in [0, 0.05) is 11.3 Å². The standard InChI is InChI=1S/C19H18FN3O3S/c1-12-19(13(2)23(21-12)18-9-7-16(20)8-10-18)27(25,26)22-17-6-4-5-15(11-17)14(3)24/h4-11,22H,1-3H3. The largest absolute Gasteiger partial charge is 0.295 e. The Morgan fingerprint density at radius 3 is 2.41 bits per heavy atom. The van der Waals surface area contributed by atoms with Crippen LogP contribution in [0.4, 0.5) is 10.1 Å². The normalized spacial score (nSPS) is 11.4. The Kier molecular flexibility index (Phi) is 4.84. The Bertz CT molecular complexity index is 1120. The molecule has 0 fully saturated rings. The number of anilines is 1. The van der Waals surface area contributed by atoms with Crippen molar-refractivity contribution in [2.75, 3.05) is 4.72 Å². The second kappa shape index (κ2) is 6.96. The summed E-state index contributed by atoms with van der Waals surface area (Å²) in [5, 5.41) is 4.28. The summed E-state index contributed by atoms with van der Waals surface area (Å²) < 4.78 is 42.9. The monoisotopic (exact) mass is 387 g/mol. The molecule has 8 heteroatoms. The first-order chi connectivity index (χ1) is 12.7. The van der Waals surface area contributed by atoms with Crippen LogP contribution in [0.3, 0.4) is 0 Å². The average molecular weight is 387 g/mol. The molecule has 0 aliphatic heterocycles. The topological polar surface area (TPSA) is 81.1 Å². The van der Waals surface area contributed by atoms with E-state index in [4.69, 9.17) is 0 Å². The van der Waals surface area contributed by atoms with Crippen LogP contribution in [0.2, 0.25) is 0 Å². The maximum atomic E-state index is 13.1. The Balaban J connectivity index is 2.01.